The summed E-state index contributed by atoms with van der Waals surface area (Å²) in [5.41, 5.74) is 6.71. The Morgan fingerprint density at radius 1 is 1.33 bits per heavy atom. The minimum Gasteiger partial charge on any atom is -0.397 e. The van der Waals surface area contributed by atoms with Crippen molar-refractivity contribution in [3.8, 4) is 5.69 Å². The summed E-state index contributed by atoms with van der Waals surface area (Å²) in [7, 11) is -0.545. The normalized spacial score (nSPS) is 11.9. The van der Waals surface area contributed by atoms with Gasteiger partial charge in [-0.05, 0) is 18.2 Å². The van der Waals surface area contributed by atoms with E-state index in [1.54, 1.807) is 0 Å². The summed E-state index contributed by atoms with van der Waals surface area (Å²) in [4.78, 5) is 3.96. The highest BCUT2D eigenvalue weighted by Crippen LogP contribution is 2.22. The van der Waals surface area contributed by atoms with Crippen molar-refractivity contribution in [2.45, 2.75) is 4.90 Å². The van der Waals surface area contributed by atoms with Gasteiger partial charge in [0.15, 0.2) is 0 Å². The molecule has 0 aliphatic rings. The average Bonchev–Trinajstić information content (AvgIpc) is 2.82. The minimum atomic E-state index is -3.49. The Kier molecular flexibility index (Phi) is 3.05. The minimum absolute atomic E-state index is 0.159. The molecular formula is C10H13N5O2S. The van der Waals surface area contributed by atoms with Crippen LogP contribution >= 0.6 is 0 Å². The summed E-state index contributed by atoms with van der Waals surface area (Å²) in [6.07, 6.45) is 2.81. The van der Waals surface area contributed by atoms with Gasteiger partial charge in [0.1, 0.15) is 12.7 Å². The third-order valence-electron chi connectivity index (χ3n) is 2.45. The van der Waals surface area contributed by atoms with Gasteiger partial charge >= 0.3 is 0 Å². The van der Waals surface area contributed by atoms with E-state index in [0.29, 0.717) is 11.4 Å². The quantitative estimate of drug-likeness (QED) is 0.796. The molecule has 0 radical (unpaired) electrons. The van der Waals surface area contributed by atoms with Crippen molar-refractivity contribution in [2.75, 3.05) is 19.8 Å². The van der Waals surface area contributed by atoms with Gasteiger partial charge in [-0.15, -0.1) is 0 Å². The van der Waals surface area contributed by atoms with E-state index in [0.717, 1.165) is 4.31 Å². The number of benzene rings is 1. The maximum atomic E-state index is 12.0. The molecule has 7 nitrogen and oxygen atoms in total. The number of nitrogen functional groups attached to an aromatic ring is 1. The number of sulfonamides is 1. The molecule has 0 aliphatic carbocycles. The second-order valence-corrected chi connectivity index (χ2v) is 6.00. The molecule has 0 spiro atoms. The van der Waals surface area contributed by atoms with Crippen LogP contribution in [0.3, 0.4) is 0 Å². The van der Waals surface area contributed by atoms with Crippen LogP contribution in [0.5, 0.6) is 0 Å². The van der Waals surface area contributed by atoms with Crippen LogP contribution in [0.1, 0.15) is 0 Å². The highest BCUT2D eigenvalue weighted by Gasteiger charge is 2.18. The molecule has 2 rings (SSSR count). The van der Waals surface area contributed by atoms with Crippen LogP contribution in [0.25, 0.3) is 5.69 Å². The Hall–Kier alpha value is -1.93. The van der Waals surface area contributed by atoms with Gasteiger partial charge in [-0.1, -0.05) is 0 Å². The van der Waals surface area contributed by atoms with Gasteiger partial charge in [-0.25, -0.2) is 22.4 Å². The Labute approximate surface area is 105 Å². The smallest absolute Gasteiger partial charge is 0.242 e. The summed E-state index contributed by atoms with van der Waals surface area (Å²) >= 11 is 0. The van der Waals surface area contributed by atoms with E-state index in [2.05, 4.69) is 10.1 Å². The molecule has 0 fully saturated rings. The van der Waals surface area contributed by atoms with Gasteiger partial charge < -0.3 is 5.73 Å². The number of aromatic nitrogens is 3. The van der Waals surface area contributed by atoms with Gasteiger partial charge in [0.25, 0.3) is 0 Å². The van der Waals surface area contributed by atoms with Gasteiger partial charge in [-0.3, -0.25) is 0 Å². The predicted octanol–water partition coefficient (Wildman–Crippen LogP) is 0.0998. The molecule has 1 heterocycles. The van der Waals surface area contributed by atoms with E-state index in [1.807, 2.05) is 0 Å². The molecule has 0 saturated carbocycles. The Balaban J connectivity index is 2.59. The van der Waals surface area contributed by atoms with Crippen molar-refractivity contribution in [1.29, 1.82) is 0 Å². The number of nitrogens with two attached hydrogens (primary N) is 1. The molecule has 0 amide bonds. The fourth-order valence-corrected chi connectivity index (χ4v) is 2.35. The van der Waals surface area contributed by atoms with Crippen LogP contribution < -0.4 is 5.73 Å². The summed E-state index contributed by atoms with van der Waals surface area (Å²) < 4.78 is 26.6. The first kappa shape index (κ1) is 12.5. The molecule has 1 aromatic carbocycles. The third kappa shape index (κ3) is 2.07. The van der Waals surface area contributed by atoms with E-state index >= 15 is 0 Å². The standard InChI is InChI=1S/C10H13N5O2S/c1-14(2)18(16,17)8-3-4-9(11)10(5-8)15-7-12-6-13-15/h3-7H,11H2,1-2H3. The van der Waals surface area contributed by atoms with Crippen LogP contribution in [0.4, 0.5) is 5.69 Å². The number of rotatable bonds is 3. The maximum Gasteiger partial charge on any atom is 0.242 e. The first-order valence-electron chi connectivity index (χ1n) is 5.10. The van der Waals surface area contributed by atoms with Crippen molar-refractivity contribution < 1.29 is 8.42 Å². The Morgan fingerprint density at radius 2 is 2.06 bits per heavy atom. The first-order valence-corrected chi connectivity index (χ1v) is 6.54. The predicted molar refractivity (Wildman–Crippen MR) is 66.6 cm³/mol. The second-order valence-electron chi connectivity index (χ2n) is 3.85. The monoisotopic (exact) mass is 267 g/mol. The van der Waals surface area contributed by atoms with Crippen molar-refractivity contribution in [2.24, 2.45) is 0 Å². The zero-order valence-electron chi connectivity index (χ0n) is 9.98. The lowest BCUT2D eigenvalue weighted by molar-refractivity contribution is 0.520. The van der Waals surface area contributed by atoms with Crippen LogP contribution in [0, 0.1) is 0 Å². The largest absolute Gasteiger partial charge is 0.397 e. The third-order valence-corrected chi connectivity index (χ3v) is 4.26. The molecule has 0 unspecified atom stereocenters. The molecule has 2 N–H and O–H groups in total. The van der Waals surface area contributed by atoms with Gasteiger partial charge in [0, 0.05) is 14.1 Å². The fraction of sp³-hybridized carbons (Fsp3) is 0.200. The lowest BCUT2D eigenvalue weighted by atomic mass is 10.3. The van der Waals surface area contributed by atoms with E-state index in [1.165, 1.54) is 49.6 Å². The number of nitrogens with zero attached hydrogens (tertiary/aromatic N) is 4. The van der Waals surface area contributed by atoms with Crippen LogP contribution in [-0.2, 0) is 10.0 Å². The van der Waals surface area contributed by atoms with Crippen molar-refractivity contribution in [3.63, 3.8) is 0 Å². The summed E-state index contributed by atoms with van der Waals surface area (Å²) in [5, 5.41) is 3.93. The zero-order chi connectivity index (χ0) is 13.3. The zero-order valence-corrected chi connectivity index (χ0v) is 10.8. The maximum absolute atomic E-state index is 12.0. The Bertz CT molecular complexity index is 649. The lowest BCUT2D eigenvalue weighted by Crippen LogP contribution is -2.22. The molecule has 2 aromatic rings. The van der Waals surface area contributed by atoms with Crippen molar-refractivity contribution in [1.82, 2.24) is 19.1 Å². The van der Waals surface area contributed by atoms with Gasteiger partial charge in [-0.2, -0.15) is 5.10 Å². The molecule has 0 atom stereocenters. The molecule has 18 heavy (non-hydrogen) atoms. The van der Waals surface area contributed by atoms with Gasteiger partial charge in [0.2, 0.25) is 10.0 Å². The van der Waals surface area contributed by atoms with Crippen LogP contribution in [0.15, 0.2) is 35.7 Å². The van der Waals surface area contributed by atoms with Gasteiger partial charge in [0.05, 0.1) is 16.3 Å². The van der Waals surface area contributed by atoms with E-state index in [9.17, 15) is 8.42 Å². The number of hydrogen-bond donors (Lipinski definition) is 1. The lowest BCUT2D eigenvalue weighted by Gasteiger charge is -2.13. The summed E-state index contributed by atoms with van der Waals surface area (Å²) in [6.45, 7) is 0. The van der Waals surface area contributed by atoms with Crippen molar-refractivity contribution >= 4 is 15.7 Å². The SMILES string of the molecule is CN(C)S(=O)(=O)c1ccc(N)c(-n2cncn2)c1. The van der Waals surface area contributed by atoms with E-state index in [-0.39, 0.29) is 4.90 Å². The fourth-order valence-electron chi connectivity index (χ4n) is 1.43. The van der Waals surface area contributed by atoms with Crippen LogP contribution in [0.2, 0.25) is 0 Å². The summed E-state index contributed by atoms with van der Waals surface area (Å²) in [6, 6.07) is 4.47. The number of anilines is 1. The molecule has 0 bridgehead atoms. The highest BCUT2D eigenvalue weighted by molar-refractivity contribution is 7.89. The molecule has 0 saturated heterocycles. The van der Waals surface area contributed by atoms with Crippen molar-refractivity contribution in [3.05, 3.63) is 30.9 Å². The number of hydrogen-bond acceptors (Lipinski definition) is 5. The average molecular weight is 267 g/mol. The summed E-state index contributed by atoms with van der Waals surface area (Å²) in [5.74, 6) is 0. The van der Waals surface area contributed by atoms with E-state index in [4.69, 9.17) is 5.73 Å². The second kappa shape index (κ2) is 4.39. The molecule has 8 heteroatoms. The topological polar surface area (TPSA) is 94.1 Å². The molecule has 0 aliphatic heterocycles. The highest BCUT2D eigenvalue weighted by atomic mass is 32.2. The first-order chi connectivity index (χ1) is 8.43. The molecule has 1 aromatic heterocycles. The molecule has 96 valence electrons. The molecular weight excluding hydrogens is 254 g/mol. The van der Waals surface area contributed by atoms with E-state index < -0.39 is 10.0 Å². The Morgan fingerprint density at radius 3 is 2.61 bits per heavy atom. The van der Waals surface area contributed by atoms with Crippen LogP contribution in [-0.4, -0.2) is 41.6 Å².